The number of nitrogens with zero attached hydrogens (tertiary/aromatic N) is 1. The Morgan fingerprint density at radius 1 is 1.03 bits per heavy atom. The molecule has 1 fully saturated rings. The maximum atomic E-state index is 14.6. The van der Waals surface area contributed by atoms with Gasteiger partial charge in [0.1, 0.15) is 5.82 Å². The number of piperidine rings is 1. The predicted octanol–water partition coefficient (Wildman–Crippen LogP) is 5.47. The monoisotopic (exact) mass is 531 g/mol. The normalized spacial score (nSPS) is 15.3. The number of aryl methyl sites for hydroxylation is 1. The lowest BCUT2D eigenvalue weighted by atomic mass is 9.87. The molecule has 0 bridgehead atoms. The molecule has 1 aliphatic heterocycles. The zero-order chi connectivity index (χ0) is 27.0. The molecular formula is C28H29F4NO3Si. The van der Waals surface area contributed by atoms with Crippen LogP contribution in [0.25, 0.3) is 10.8 Å². The summed E-state index contributed by atoms with van der Waals surface area (Å²) in [7, 11) is -2.54. The van der Waals surface area contributed by atoms with Crippen LogP contribution >= 0.6 is 0 Å². The van der Waals surface area contributed by atoms with Crippen LogP contribution in [0.1, 0.15) is 46.7 Å². The van der Waals surface area contributed by atoms with E-state index in [4.69, 9.17) is 0 Å². The summed E-state index contributed by atoms with van der Waals surface area (Å²) in [5.74, 6) is -2.52. The first-order valence-corrected chi connectivity index (χ1v) is 15.2. The van der Waals surface area contributed by atoms with Gasteiger partial charge in [-0.15, -0.1) is 0 Å². The van der Waals surface area contributed by atoms with Crippen LogP contribution in [0.15, 0.2) is 54.6 Å². The van der Waals surface area contributed by atoms with Crippen LogP contribution in [0.4, 0.5) is 17.6 Å². The van der Waals surface area contributed by atoms with Crippen LogP contribution in [-0.4, -0.2) is 49.0 Å². The summed E-state index contributed by atoms with van der Waals surface area (Å²) < 4.78 is 52.1. The van der Waals surface area contributed by atoms with E-state index in [0.717, 1.165) is 16.0 Å². The highest BCUT2D eigenvalue weighted by atomic mass is 28.4. The van der Waals surface area contributed by atoms with Crippen LogP contribution in [-0.2, 0) is 11.2 Å². The number of alkyl halides is 3. The van der Waals surface area contributed by atoms with E-state index >= 15 is 0 Å². The number of fused-ring (bicyclic) bond motifs is 1. The van der Waals surface area contributed by atoms with Crippen LogP contribution < -0.4 is 5.19 Å². The second kappa shape index (κ2) is 10.4. The minimum Gasteiger partial charge on any atom is -0.428 e. The lowest BCUT2D eigenvalue weighted by molar-refractivity contribution is -0.171. The minimum atomic E-state index is -4.87. The molecule has 0 spiro atoms. The summed E-state index contributed by atoms with van der Waals surface area (Å²) in [4.78, 5) is 36.7. The molecule has 3 aromatic carbocycles. The molecule has 0 unspecified atom stereocenters. The van der Waals surface area contributed by atoms with Crippen molar-refractivity contribution in [2.45, 2.75) is 50.9 Å². The summed E-state index contributed by atoms with van der Waals surface area (Å²) in [6.07, 6.45) is -4.60. The Morgan fingerprint density at radius 3 is 2.38 bits per heavy atom. The topological polar surface area (TPSA) is 57.6 Å². The Kier molecular flexibility index (Phi) is 7.57. The second-order valence-corrected chi connectivity index (χ2v) is 13.8. The molecule has 9 heteroatoms. The van der Waals surface area contributed by atoms with E-state index < -0.39 is 32.5 Å². The summed E-state index contributed by atoms with van der Waals surface area (Å²) in [6, 6.07) is 15.4. The quantitative estimate of drug-likeness (QED) is 0.339. The van der Waals surface area contributed by atoms with E-state index in [9.17, 15) is 31.9 Å². The molecule has 0 atom stereocenters. The number of likely N-dealkylation sites (tertiary alicyclic amines) is 1. The Hall–Kier alpha value is -3.04. The smallest absolute Gasteiger partial charge is 0.428 e. The van der Waals surface area contributed by atoms with Gasteiger partial charge in [0.2, 0.25) is 14.1 Å². The van der Waals surface area contributed by atoms with Gasteiger partial charge in [-0.3, -0.25) is 9.59 Å². The van der Waals surface area contributed by atoms with Crippen molar-refractivity contribution in [3.63, 3.8) is 0 Å². The average molecular weight is 532 g/mol. The number of Topliss-reactive ketones (excluding diaryl/α,β-unsaturated/α-hetero) is 1. The van der Waals surface area contributed by atoms with E-state index in [0.29, 0.717) is 42.6 Å². The zero-order valence-electron chi connectivity index (χ0n) is 20.7. The van der Waals surface area contributed by atoms with E-state index in [-0.39, 0.29) is 18.2 Å². The van der Waals surface area contributed by atoms with Gasteiger partial charge >= 0.3 is 6.18 Å². The highest BCUT2D eigenvalue weighted by molar-refractivity contribution is 6.85. The predicted molar refractivity (Wildman–Crippen MR) is 137 cm³/mol. The summed E-state index contributed by atoms with van der Waals surface area (Å²) >= 11 is 0. The largest absolute Gasteiger partial charge is 0.449 e. The average Bonchev–Trinajstić information content (AvgIpc) is 2.86. The first-order valence-electron chi connectivity index (χ1n) is 12.3. The van der Waals surface area contributed by atoms with Crippen LogP contribution in [0, 0.1) is 5.82 Å². The summed E-state index contributed by atoms with van der Waals surface area (Å²) in [5, 5.41) is 2.73. The number of rotatable bonds is 6. The van der Waals surface area contributed by atoms with Crippen LogP contribution in [0.2, 0.25) is 13.1 Å². The zero-order valence-corrected chi connectivity index (χ0v) is 21.7. The van der Waals surface area contributed by atoms with E-state index in [1.165, 1.54) is 12.1 Å². The Balaban J connectivity index is 1.43. The summed E-state index contributed by atoms with van der Waals surface area (Å²) in [6.45, 7) is 4.56. The van der Waals surface area contributed by atoms with Gasteiger partial charge in [-0.25, -0.2) is 4.39 Å². The van der Waals surface area contributed by atoms with Gasteiger partial charge in [-0.05, 0) is 83.6 Å². The number of halogens is 4. The van der Waals surface area contributed by atoms with Gasteiger partial charge < -0.3 is 9.70 Å². The van der Waals surface area contributed by atoms with Crippen molar-refractivity contribution < 1.29 is 31.9 Å². The van der Waals surface area contributed by atoms with E-state index in [2.05, 4.69) is 0 Å². The molecule has 0 aromatic heterocycles. The molecule has 1 amide bonds. The lowest BCUT2D eigenvalue weighted by Gasteiger charge is -2.32. The molecule has 1 heterocycles. The first kappa shape index (κ1) is 27.0. The highest BCUT2D eigenvalue weighted by Crippen LogP contribution is 2.32. The number of carbonyl (C=O) groups excluding carboxylic acids is 2. The van der Waals surface area contributed by atoms with Crippen molar-refractivity contribution in [3.05, 3.63) is 77.1 Å². The first-order chi connectivity index (χ1) is 17.3. The molecule has 1 saturated heterocycles. The van der Waals surface area contributed by atoms with Crippen molar-refractivity contribution >= 4 is 36.0 Å². The van der Waals surface area contributed by atoms with Gasteiger partial charge in [-0.2, -0.15) is 13.2 Å². The van der Waals surface area contributed by atoms with Gasteiger partial charge in [-0.1, -0.05) is 36.4 Å². The number of hydrogen-bond donors (Lipinski definition) is 1. The van der Waals surface area contributed by atoms with Crippen molar-refractivity contribution in [3.8, 4) is 0 Å². The lowest BCUT2D eigenvalue weighted by Crippen LogP contribution is -2.41. The highest BCUT2D eigenvalue weighted by Gasteiger charge is 2.37. The SMILES string of the molecule is C[Si](C)(O)c1cccc2cc(C(=O)N3CCC(c4cc(CCC(=O)C(F)(F)F)ccc4F)CC3)ccc12. The van der Waals surface area contributed by atoms with E-state index in [1.54, 1.807) is 17.0 Å². The fourth-order valence-electron chi connectivity index (χ4n) is 4.99. The number of benzene rings is 3. The van der Waals surface area contributed by atoms with Crippen molar-refractivity contribution in [2.75, 3.05) is 13.1 Å². The Morgan fingerprint density at radius 2 is 1.73 bits per heavy atom. The van der Waals surface area contributed by atoms with Gasteiger partial charge in [0.25, 0.3) is 5.91 Å². The third kappa shape index (κ3) is 6.10. The molecule has 1 N–H and O–H groups in total. The number of ketones is 1. The van der Waals surface area contributed by atoms with E-state index in [1.807, 2.05) is 43.4 Å². The molecule has 1 aliphatic rings. The maximum absolute atomic E-state index is 14.6. The van der Waals surface area contributed by atoms with Crippen LogP contribution in [0.5, 0.6) is 0 Å². The number of hydrogen-bond acceptors (Lipinski definition) is 3. The van der Waals surface area contributed by atoms with Gasteiger partial charge in [0, 0.05) is 25.1 Å². The number of amides is 1. The van der Waals surface area contributed by atoms with Gasteiger partial charge in [0.15, 0.2) is 0 Å². The molecule has 4 nitrogen and oxygen atoms in total. The Labute approximate surface area is 214 Å². The van der Waals surface area contributed by atoms with Crippen molar-refractivity contribution in [2.24, 2.45) is 0 Å². The fraction of sp³-hybridized carbons (Fsp3) is 0.357. The molecule has 3 aromatic rings. The fourth-order valence-corrected chi connectivity index (χ4v) is 6.38. The summed E-state index contributed by atoms with van der Waals surface area (Å²) in [5.41, 5.74) is 1.44. The standard InChI is InChI=1S/C28H29F4NO3Si/c1-37(2,36)25-5-3-4-20-17-21(8-9-22(20)25)27(35)33-14-12-19(13-15-33)23-16-18(6-10-24(23)29)7-11-26(34)28(30,31)32/h3-6,8-10,16-17,19,36H,7,11-15H2,1-2H3. The molecule has 37 heavy (non-hydrogen) atoms. The molecule has 0 saturated carbocycles. The molecule has 196 valence electrons. The molecule has 0 radical (unpaired) electrons. The molecule has 0 aliphatic carbocycles. The third-order valence-electron chi connectivity index (χ3n) is 7.03. The second-order valence-electron chi connectivity index (χ2n) is 10.1. The van der Waals surface area contributed by atoms with Crippen molar-refractivity contribution in [1.82, 2.24) is 4.90 Å². The minimum absolute atomic E-state index is 0.109. The van der Waals surface area contributed by atoms with Crippen LogP contribution in [0.3, 0.4) is 0 Å². The van der Waals surface area contributed by atoms with Gasteiger partial charge in [0.05, 0.1) is 0 Å². The molecule has 4 rings (SSSR count). The Bertz CT molecular complexity index is 1330. The van der Waals surface area contributed by atoms with Crippen molar-refractivity contribution in [1.29, 1.82) is 0 Å². The third-order valence-corrected chi connectivity index (χ3v) is 8.78. The number of carbonyl (C=O) groups is 2. The molecular weight excluding hydrogens is 502 g/mol. The maximum Gasteiger partial charge on any atom is 0.449 e.